The molecule has 3 aromatic rings. The van der Waals surface area contributed by atoms with E-state index in [2.05, 4.69) is 10.3 Å². The second kappa shape index (κ2) is 5.13. The van der Waals surface area contributed by atoms with E-state index in [1.807, 2.05) is 22.7 Å². The molecule has 0 atom stereocenters. The molecule has 0 fully saturated rings. The van der Waals surface area contributed by atoms with Gasteiger partial charge in [-0.15, -0.1) is 0 Å². The molecule has 2 heterocycles. The van der Waals surface area contributed by atoms with Crippen LogP contribution in [0.3, 0.4) is 0 Å². The van der Waals surface area contributed by atoms with Gasteiger partial charge >= 0.3 is 0 Å². The van der Waals surface area contributed by atoms with Crippen LogP contribution in [0.2, 0.25) is 5.02 Å². The summed E-state index contributed by atoms with van der Waals surface area (Å²) in [4.78, 5) is 4.47. The molecule has 102 valence electrons. The Morgan fingerprint density at radius 1 is 1.25 bits per heavy atom. The van der Waals surface area contributed by atoms with Gasteiger partial charge in [-0.1, -0.05) is 17.7 Å². The summed E-state index contributed by atoms with van der Waals surface area (Å²) in [6.45, 7) is 2.28. The van der Waals surface area contributed by atoms with Gasteiger partial charge in [-0.3, -0.25) is 0 Å². The minimum atomic E-state index is -0.211. The number of benzene rings is 1. The predicted octanol–water partition coefficient (Wildman–Crippen LogP) is 4.05. The first-order valence-electron chi connectivity index (χ1n) is 6.25. The Balaban J connectivity index is 1.81. The van der Waals surface area contributed by atoms with Gasteiger partial charge in [0.1, 0.15) is 11.5 Å². The van der Waals surface area contributed by atoms with Crippen LogP contribution < -0.4 is 5.32 Å². The molecule has 20 heavy (non-hydrogen) atoms. The van der Waals surface area contributed by atoms with Gasteiger partial charge in [0.2, 0.25) is 0 Å². The zero-order chi connectivity index (χ0) is 14.1. The molecular weight excluding hydrogens is 277 g/mol. The van der Waals surface area contributed by atoms with Crippen molar-refractivity contribution in [1.29, 1.82) is 0 Å². The van der Waals surface area contributed by atoms with Crippen molar-refractivity contribution < 1.29 is 4.39 Å². The van der Waals surface area contributed by atoms with Gasteiger partial charge in [0.15, 0.2) is 0 Å². The van der Waals surface area contributed by atoms with Crippen molar-refractivity contribution in [3.05, 3.63) is 64.8 Å². The summed E-state index contributed by atoms with van der Waals surface area (Å²) < 4.78 is 15.3. The molecule has 0 amide bonds. The minimum Gasteiger partial charge on any atom is -0.379 e. The molecule has 0 saturated heterocycles. The average Bonchev–Trinajstić information content (AvgIpc) is 2.82. The van der Waals surface area contributed by atoms with E-state index in [0.29, 0.717) is 17.1 Å². The number of hydrogen-bond acceptors (Lipinski definition) is 2. The smallest absolute Gasteiger partial charge is 0.137 e. The fourth-order valence-electron chi connectivity index (χ4n) is 2.09. The molecule has 0 aliphatic carbocycles. The molecule has 5 heteroatoms. The lowest BCUT2D eigenvalue weighted by atomic mass is 10.2. The second-order valence-corrected chi connectivity index (χ2v) is 5.05. The Labute approximate surface area is 121 Å². The Morgan fingerprint density at radius 2 is 2.10 bits per heavy atom. The molecule has 2 aromatic heterocycles. The van der Waals surface area contributed by atoms with E-state index in [1.165, 1.54) is 6.07 Å². The van der Waals surface area contributed by atoms with E-state index in [4.69, 9.17) is 11.6 Å². The van der Waals surface area contributed by atoms with Crippen LogP contribution in [0.15, 0.2) is 42.7 Å². The van der Waals surface area contributed by atoms with Gasteiger partial charge in [0, 0.05) is 23.6 Å². The van der Waals surface area contributed by atoms with Crippen molar-refractivity contribution in [3.63, 3.8) is 0 Å². The normalized spacial score (nSPS) is 10.9. The van der Waals surface area contributed by atoms with Gasteiger partial charge in [-0.2, -0.15) is 0 Å². The zero-order valence-electron chi connectivity index (χ0n) is 10.9. The average molecular weight is 290 g/mol. The number of imidazole rings is 1. The SMILES string of the molecule is Cc1c(F)cccc1NCc1cn2cc(Cl)ccc2n1. The summed E-state index contributed by atoms with van der Waals surface area (Å²) in [6, 6.07) is 8.66. The summed E-state index contributed by atoms with van der Waals surface area (Å²) in [5, 5.41) is 3.86. The predicted molar refractivity (Wildman–Crippen MR) is 78.7 cm³/mol. The van der Waals surface area contributed by atoms with Crippen LogP contribution in [0.25, 0.3) is 5.65 Å². The number of halogens is 2. The monoisotopic (exact) mass is 289 g/mol. The van der Waals surface area contributed by atoms with Crippen molar-refractivity contribution in [2.24, 2.45) is 0 Å². The highest BCUT2D eigenvalue weighted by molar-refractivity contribution is 6.30. The molecule has 3 nitrogen and oxygen atoms in total. The minimum absolute atomic E-state index is 0.211. The highest BCUT2D eigenvalue weighted by Gasteiger charge is 2.05. The molecule has 0 unspecified atom stereocenters. The molecule has 0 aliphatic rings. The molecule has 1 N–H and O–H groups in total. The first-order valence-corrected chi connectivity index (χ1v) is 6.63. The van der Waals surface area contributed by atoms with Crippen molar-refractivity contribution in [3.8, 4) is 0 Å². The fourth-order valence-corrected chi connectivity index (χ4v) is 2.26. The van der Waals surface area contributed by atoms with Crippen molar-refractivity contribution in [1.82, 2.24) is 9.38 Å². The van der Waals surface area contributed by atoms with Gasteiger partial charge < -0.3 is 9.72 Å². The van der Waals surface area contributed by atoms with Crippen molar-refractivity contribution in [2.75, 3.05) is 5.32 Å². The number of fused-ring (bicyclic) bond motifs is 1. The number of nitrogens with zero attached hydrogens (tertiary/aromatic N) is 2. The number of pyridine rings is 1. The molecule has 0 aliphatic heterocycles. The first-order chi connectivity index (χ1) is 9.63. The van der Waals surface area contributed by atoms with E-state index < -0.39 is 0 Å². The van der Waals surface area contributed by atoms with Crippen molar-refractivity contribution >= 4 is 22.9 Å². The maximum atomic E-state index is 13.4. The van der Waals surface area contributed by atoms with E-state index >= 15 is 0 Å². The molecule has 3 rings (SSSR count). The largest absolute Gasteiger partial charge is 0.379 e. The summed E-state index contributed by atoms with van der Waals surface area (Å²) in [6.07, 6.45) is 3.71. The van der Waals surface area contributed by atoms with E-state index in [1.54, 1.807) is 25.3 Å². The van der Waals surface area contributed by atoms with Gasteiger partial charge in [0.05, 0.1) is 17.3 Å². The lowest BCUT2D eigenvalue weighted by Crippen LogP contribution is -2.02. The number of anilines is 1. The third kappa shape index (κ3) is 2.47. The third-order valence-corrected chi connectivity index (χ3v) is 3.42. The Morgan fingerprint density at radius 3 is 2.95 bits per heavy atom. The van der Waals surface area contributed by atoms with E-state index in [0.717, 1.165) is 17.0 Å². The Bertz CT molecular complexity index is 767. The lowest BCUT2D eigenvalue weighted by Gasteiger charge is -2.08. The van der Waals surface area contributed by atoms with Gasteiger partial charge in [0.25, 0.3) is 0 Å². The zero-order valence-corrected chi connectivity index (χ0v) is 11.7. The van der Waals surface area contributed by atoms with Crippen molar-refractivity contribution in [2.45, 2.75) is 13.5 Å². The fraction of sp³-hybridized carbons (Fsp3) is 0.133. The molecule has 0 bridgehead atoms. The summed E-state index contributed by atoms with van der Waals surface area (Å²) >= 11 is 5.93. The first kappa shape index (κ1) is 12.9. The number of nitrogens with one attached hydrogen (secondary N) is 1. The van der Waals surface area contributed by atoms with E-state index in [9.17, 15) is 4.39 Å². The third-order valence-electron chi connectivity index (χ3n) is 3.19. The topological polar surface area (TPSA) is 29.3 Å². The van der Waals surface area contributed by atoms with Crippen LogP contribution in [-0.4, -0.2) is 9.38 Å². The van der Waals surface area contributed by atoms with Crippen LogP contribution in [-0.2, 0) is 6.54 Å². The Hall–Kier alpha value is -2.07. The summed E-state index contributed by atoms with van der Waals surface area (Å²) in [5.74, 6) is -0.211. The maximum Gasteiger partial charge on any atom is 0.137 e. The molecule has 0 saturated carbocycles. The second-order valence-electron chi connectivity index (χ2n) is 4.61. The number of rotatable bonds is 3. The van der Waals surface area contributed by atoms with E-state index in [-0.39, 0.29) is 5.82 Å². The van der Waals surface area contributed by atoms with Crippen LogP contribution in [0.5, 0.6) is 0 Å². The molecule has 0 radical (unpaired) electrons. The lowest BCUT2D eigenvalue weighted by molar-refractivity contribution is 0.619. The standard InChI is InChI=1S/C15H13ClFN3/c1-10-13(17)3-2-4-14(10)18-7-12-9-20-8-11(16)5-6-15(20)19-12/h2-6,8-9,18H,7H2,1H3. The Kier molecular flexibility index (Phi) is 3.32. The van der Waals surface area contributed by atoms with Crippen LogP contribution >= 0.6 is 11.6 Å². The van der Waals surface area contributed by atoms with Crippen LogP contribution in [0.4, 0.5) is 10.1 Å². The molecule has 0 spiro atoms. The van der Waals surface area contributed by atoms with Crippen LogP contribution in [0, 0.1) is 12.7 Å². The summed E-state index contributed by atoms with van der Waals surface area (Å²) in [5.41, 5.74) is 3.09. The number of aromatic nitrogens is 2. The number of hydrogen-bond donors (Lipinski definition) is 1. The quantitative estimate of drug-likeness (QED) is 0.788. The highest BCUT2D eigenvalue weighted by atomic mass is 35.5. The van der Waals surface area contributed by atoms with Gasteiger partial charge in [-0.25, -0.2) is 9.37 Å². The highest BCUT2D eigenvalue weighted by Crippen LogP contribution is 2.18. The van der Waals surface area contributed by atoms with Gasteiger partial charge in [-0.05, 0) is 31.2 Å². The molecular formula is C15H13ClFN3. The van der Waals surface area contributed by atoms with Crippen LogP contribution in [0.1, 0.15) is 11.3 Å². The molecule has 1 aromatic carbocycles. The maximum absolute atomic E-state index is 13.4. The summed E-state index contributed by atoms with van der Waals surface area (Å²) in [7, 11) is 0.